The van der Waals surface area contributed by atoms with Gasteiger partial charge < -0.3 is 10.1 Å². The van der Waals surface area contributed by atoms with Crippen LogP contribution in [0.15, 0.2) is 53.3 Å². The van der Waals surface area contributed by atoms with Crippen molar-refractivity contribution in [1.29, 1.82) is 0 Å². The molecule has 0 radical (unpaired) electrons. The van der Waals surface area contributed by atoms with Crippen LogP contribution in [-0.4, -0.2) is 28.7 Å². The molecular formula is C20H23N3O3. The van der Waals surface area contributed by atoms with Gasteiger partial charge in [-0.1, -0.05) is 30.3 Å². The number of amides is 1. The first kappa shape index (κ1) is 17.8. The smallest absolute Gasteiger partial charge is 0.328 e. The molecule has 0 saturated heterocycles. The van der Waals surface area contributed by atoms with Crippen molar-refractivity contribution in [1.82, 2.24) is 14.5 Å². The van der Waals surface area contributed by atoms with Gasteiger partial charge in [-0.3, -0.25) is 13.9 Å². The number of ether oxygens (including phenoxy) is 1. The first-order valence-electron chi connectivity index (χ1n) is 8.64. The van der Waals surface area contributed by atoms with Crippen molar-refractivity contribution in [3.8, 4) is 5.75 Å². The second kappa shape index (κ2) is 7.91. The number of nitrogens with one attached hydrogen (secondary N) is 1. The predicted octanol–water partition coefficient (Wildman–Crippen LogP) is 2.10. The average molecular weight is 353 g/mol. The van der Waals surface area contributed by atoms with Gasteiger partial charge in [-0.2, -0.15) is 0 Å². The van der Waals surface area contributed by atoms with Crippen LogP contribution in [0.2, 0.25) is 0 Å². The molecule has 0 aliphatic carbocycles. The van der Waals surface area contributed by atoms with Crippen molar-refractivity contribution in [2.45, 2.75) is 19.4 Å². The van der Waals surface area contributed by atoms with E-state index in [1.807, 2.05) is 48.5 Å². The number of benzene rings is 2. The van der Waals surface area contributed by atoms with Gasteiger partial charge in [0.2, 0.25) is 5.91 Å². The SMILES string of the molecule is COc1ccccc1CCNC(=O)CCn1c(=O)n(C)c2ccccc21. The van der Waals surface area contributed by atoms with Gasteiger partial charge in [0, 0.05) is 26.6 Å². The molecule has 136 valence electrons. The van der Waals surface area contributed by atoms with Crippen LogP contribution in [-0.2, 0) is 24.8 Å². The Labute approximate surface area is 152 Å². The molecule has 2 aromatic carbocycles. The molecule has 6 nitrogen and oxygen atoms in total. The summed E-state index contributed by atoms with van der Waals surface area (Å²) in [5.41, 5.74) is 2.67. The summed E-state index contributed by atoms with van der Waals surface area (Å²) in [7, 11) is 3.38. The fourth-order valence-electron chi connectivity index (χ4n) is 3.13. The minimum Gasteiger partial charge on any atom is -0.496 e. The highest BCUT2D eigenvalue weighted by atomic mass is 16.5. The van der Waals surface area contributed by atoms with Gasteiger partial charge in [0.1, 0.15) is 5.75 Å². The van der Waals surface area contributed by atoms with E-state index < -0.39 is 0 Å². The summed E-state index contributed by atoms with van der Waals surface area (Å²) in [5.74, 6) is 0.754. The molecule has 0 unspecified atom stereocenters. The molecule has 6 heteroatoms. The molecule has 3 aromatic rings. The number of hydrogen-bond donors (Lipinski definition) is 1. The average Bonchev–Trinajstić information content (AvgIpc) is 2.91. The van der Waals surface area contributed by atoms with Crippen molar-refractivity contribution in [2.24, 2.45) is 7.05 Å². The molecule has 1 aromatic heterocycles. The second-order valence-corrected chi connectivity index (χ2v) is 6.14. The highest BCUT2D eigenvalue weighted by Crippen LogP contribution is 2.17. The number of aromatic nitrogens is 2. The summed E-state index contributed by atoms with van der Waals surface area (Å²) in [6.45, 7) is 0.893. The fourth-order valence-corrected chi connectivity index (χ4v) is 3.13. The topological polar surface area (TPSA) is 65.3 Å². The summed E-state index contributed by atoms with van der Waals surface area (Å²) < 4.78 is 8.57. The fraction of sp³-hybridized carbons (Fsp3) is 0.300. The lowest BCUT2D eigenvalue weighted by Gasteiger charge is -2.09. The number of nitrogens with zero attached hydrogens (tertiary/aromatic N) is 2. The number of rotatable bonds is 7. The summed E-state index contributed by atoms with van der Waals surface area (Å²) in [6, 6.07) is 15.4. The standard InChI is InChI=1S/C20H23N3O3/c1-22-16-8-4-5-9-17(16)23(20(22)25)14-12-19(24)21-13-11-15-7-3-6-10-18(15)26-2/h3-10H,11-14H2,1-2H3,(H,21,24). The van der Waals surface area contributed by atoms with Gasteiger partial charge in [0.25, 0.3) is 0 Å². The maximum absolute atomic E-state index is 12.4. The Morgan fingerprint density at radius 2 is 1.77 bits per heavy atom. The van der Waals surface area contributed by atoms with Gasteiger partial charge in [0.15, 0.2) is 0 Å². The van der Waals surface area contributed by atoms with E-state index in [-0.39, 0.29) is 18.0 Å². The van der Waals surface area contributed by atoms with Crippen LogP contribution in [0.4, 0.5) is 0 Å². The molecule has 0 bridgehead atoms. The van der Waals surface area contributed by atoms with Crippen LogP contribution < -0.4 is 15.7 Å². The van der Waals surface area contributed by atoms with Crippen LogP contribution >= 0.6 is 0 Å². The van der Waals surface area contributed by atoms with Crippen molar-refractivity contribution in [2.75, 3.05) is 13.7 Å². The van der Waals surface area contributed by atoms with E-state index in [9.17, 15) is 9.59 Å². The van der Waals surface area contributed by atoms with Crippen LogP contribution in [0.25, 0.3) is 11.0 Å². The summed E-state index contributed by atoms with van der Waals surface area (Å²) in [5, 5.41) is 2.91. The number of fused-ring (bicyclic) bond motifs is 1. The van der Waals surface area contributed by atoms with E-state index in [1.54, 1.807) is 23.3 Å². The lowest BCUT2D eigenvalue weighted by Crippen LogP contribution is -2.29. The third-order valence-corrected chi connectivity index (χ3v) is 4.52. The van der Waals surface area contributed by atoms with Crippen molar-refractivity contribution < 1.29 is 9.53 Å². The van der Waals surface area contributed by atoms with Crippen LogP contribution in [0.1, 0.15) is 12.0 Å². The van der Waals surface area contributed by atoms with Crippen molar-refractivity contribution >= 4 is 16.9 Å². The zero-order chi connectivity index (χ0) is 18.5. The van der Waals surface area contributed by atoms with Crippen molar-refractivity contribution in [3.05, 3.63) is 64.6 Å². The summed E-state index contributed by atoms with van der Waals surface area (Å²) in [4.78, 5) is 24.5. The second-order valence-electron chi connectivity index (χ2n) is 6.14. The molecule has 0 aliphatic rings. The van der Waals surface area contributed by atoms with Crippen molar-refractivity contribution in [3.63, 3.8) is 0 Å². The number of para-hydroxylation sites is 3. The number of carbonyl (C=O) groups is 1. The molecule has 1 N–H and O–H groups in total. The normalized spacial score (nSPS) is 10.8. The van der Waals surface area contributed by atoms with Gasteiger partial charge >= 0.3 is 5.69 Å². The van der Waals surface area contributed by atoms with Gasteiger partial charge in [-0.25, -0.2) is 4.79 Å². The first-order chi connectivity index (χ1) is 12.6. The Hall–Kier alpha value is -3.02. The highest BCUT2D eigenvalue weighted by molar-refractivity contribution is 5.77. The van der Waals surface area contributed by atoms with E-state index >= 15 is 0 Å². The molecule has 0 aliphatic heterocycles. The lowest BCUT2D eigenvalue weighted by atomic mass is 10.1. The molecule has 0 fully saturated rings. The summed E-state index contributed by atoms with van der Waals surface area (Å²) in [6.07, 6.45) is 0.962. The number of carbonyl (C=O) groups excluding carboxylic acids is 1. The Kier molecular flexibility index (Phi) is 5.41. The predicted molar refractivity (Wildman–Crippen MR) is 102 cm³/mol. The monoisotopic (exact) mass is 353 g/mol. The van der Waals surface area contributed by atoms with Crippen LogP contribution in [0.3, 0.4) is 0 Å². The lowest BCUT2D eigenvalue weighted by molar-refractivity contribution is -0.121. The Bertz CT molecular complexity index is 972. The number of methoxy groups -OCH3 is 1. The van der Waals surface area contributed by atoms with E-state index in [2.05, 4.69) is 5.32 Å². The Morgan fingerprint density at radius 1 is 1.08 bits per heavy atom. The van der Waals surface area contributed by atoms with Gasteiger partial charge in [0.05, 0.1) is 18.1 Å². The third kappa shape index (κ3) is 3.64. The maximum atomic E-state index is 12.4. The minimum atomic E-state index is -0.104. The molecule has 0 atom stereocenters. The quantitative estimate of drug-likeness (QED) is 0.707. The third-order valence-electron chi connectivity index (χ3n) is 4.52. The molecular weight excluding hydrogens is 330 g/mol. The molecule has 0 spiro atoms. The van der Waals surface area contributed by atoms with Gasteiger partial charge in [-0.15, -0.1) is 0 Å². The van der Waals surface area contributed by atoms with E-state index in [4.69, 9.17) is 4.74 Å². The molecule has 3 rings (SSSR count). The Morgan fingerprint density at radius 3 is 2.54 bits per heavy atom. The van der Waals surface area contributed by atoms with E-state index in [0.29, 0.717) is 19.5 Å². The maximum Gasteiger partial charge on any atom is 0.328 e. The number of aryl methyl sites for hydroxylation is 2. The molecule has 1 heterocycles. The highest BCUT2D eigenvalue weighted by Gasteiger charge is 2.11. The summed E-state index contributed by atoms with van der Waals surface area (Å²) >= 11 is 0. The zero-order valence-corrected chi connectivity index (χ0v) is 15.1. The molecule has 1 amide bonds. The molecule has 26 heavy (non-hydrogen) atoms. The Balaban J connectivity index is 1.57. The minimum absolute atomic E-state index is 0.0697. The van der Waals surface area contributed by atoms with E-state index in [0.717, 1.165) is 22.3 Å². The van der Waals surface area contributed by atoms with Gasteiger partial charge in [-0.05, 0) is 30.2 Å². The first-order valence-corrected chi connectivity index (χ1v) is 8.64. The van der Waals surface area contributed by atoms with Crippen LogP contribution in [0, 0.1) is 0 Å². The largest absolute Gasteiger partial charge is 0.496 e. The number of hydrogen-bond acceptors (Lipinski definition) is 3. The zero-order valence-electron chi connectivity index (χ0n) is 15.1. The molecule has 0 saturated carbocycles. The number of imidazole rings is 1. The van der Waals surface area contributed by atoms with E-state index in [1.165, 1.54) is 0 Å². The van der Waals surface area contributed by atoms with Crippen LogP contribution in [0.5, 0.6) is 5.75 Å².